The van der Waals surface area contributed by atoms with Crippen LogP contribution in [0.4, 0.5) is 11.4 Å². The highest BCUT2D eigenvalue weighted by atomic mass is 16.5. The number of rotatable bonds is 7. The van der Waals surface area contributed by atoms with Gasteiger partial charge in [-0.2, -0.15) is 0 Å². The first-order valence-corrected chi connectivity index (χ1v) is 8.04. The highest BCUT2D eigenvalue weighted by Gasteiger charge is 1.99. The molecule has 0 spiro atoms. The molecule has 0 heterocycles. The zero-order valence-electron chi connectivity index (χ0n) is 14.6. The second kappa shape index (κ2) is 8.93. The van der Waals surface area contributed by atoms with Gasteiger partial charge in [-0.25, -0.2) is 4.99 Å². The fourth-order valence-electron chi connectivity index (χ4n) is 2.44. The predicted octanol–water partition coefficient (Wildman–Crippen LogP) is 3.29. The minimum Gasteiger partial charge on any atom is -0.383 e. The number of aliphatic imine (C=N–C) groups is 1. The monoisotopic (exact) mass is 326 g/mol. The number of benzene rings is 2. The fraction of sp³-hybridized carbons (Fsp3) is 0.316. The third kappa shape index (κ3) is 5.93. The summed E-state index contributed by atoms with van der Waals surface area (Å²) >= 11 is 0. The average Bonchev–Trinajstić information content (AvgIpc) is 2.53. The first kappa shape index (κ1) is 17.8. The maximum atomic E-state index is 5.98. The van der Waals surface area contributed by atoms with Gasteiger partial charge in [-0.1, -0.05) is 18.2 Å². The van der Waals surface area contributed by atoms with Gasteiger partial charge in [0, 0.05) is 25.0 Å². The Morgan fingerprint density at radius 1 is 1.04 bits per heavy atom. The average molecular weight is 326 g/mol. The van der Waals surface area contributed by atoms with Gasteiger partial charge in [-0.05, 0) is 54.8 Å². The van der Waals surface area contributed by atoms with Crippen molar-refractivity contribution in [3.8, 4) is 0 Å². The van der Waals surface area contributed by atoms with Crippen molar-refractivity contribution in [3.05, 3.63) is 59.2 Å². The van der Waals surface area contributed by atoms with E-state index in [0.717, 1.165) is 23.5 Å². The minimum atomic E-state index is 0.419. The number of guanidine groups is 1. The van der Waals surface area contributed by atoms with E-state index in [1.807, 2.05) is 24.3 Å². The molecule has 5 nitrogen and oxygen atoms in total. The van der Waals surface area contributed by atoms with Gasteiger partial charge >= 0.3 is 0 Å². The number of aryl methyl sites for hydroxylation is 2. The Morgan fingerprint density at radius 2 is 1.71 bits per heavy atom. The molecule has 2 aromatic carbocycles. The molecule has 24 heavy (non-hydrogen) atoms. The number of hydrogen-bond donors (Lipinski definition) is 3. The Hall–Kier alpha value is -2.53. The summed E-state index contributed by atoms with van der Waals surface area (Å²) in [5, 5.41) is 6.42. The SMILES string of the molecule is COCCNc1ccc(CN=C(N)Nc2cc(C)cc(C)c2)cc1. The molecule has 0 aliphatic heterocycles. The van der Waals surface area contributed by atoms with Gasteiger partial charge < -0.3 is 21.1 Å². The Balaban J connectivity index is 1.89. The Kier molecular flexibility index (Phi) is 6.63. The van der Waals surface area contributed by atoms with Crippen LogP contribution in [0.1, 0.15) is 16.7 Å². The minimum absolute atomic E-state index is 0.419. The molecular formula is C19H26N4O. The van der Waals surface area contributed by atoms with Crippen LogP contribution in [-0.4, -0.2) is 26.2 Å². The molecular weight excluding hydrogens is 300 g/mol. The molecule has 0 amide bonds. The lowest BCUT2D eigenvalue weighted by Gasteiger charge is -2.08. The summed E-state index contributed by atoms with van der Waals surface area (Å²) in [5.41, 5.74) is 11.5. The van der Waals surface area contributed by atoms with Crippen LogP contribution in [0.5, 0.6) is 0 Å². The van der Waals surface area contributed by atoms with E-state index in [2.05, 4.69) is 47.7 Å². The standard InChI is InChI=1S/C19H26N4O/c1-14-10-15(2)12-18(11-14)23-19(20)22-13-16-4-6-17(7-5-16)21-8-9-24-3/h4-7,10-12,21H,8-9,13H2,1-3H3,(H3,20,22,23). The van der Waals surface area contributed by atoms with Gasteiger partial charge in [-0.15, -0.1) is 0 Å². The normalized spacial score (nSPS) is 11.4. The molecule has 2 aromatic rings. The fourth-order valence-corrected chi connectivity index (χ4v) is 2.44. The highest BCUT2D eigenvalue weighted by Crippen LogP contribution is 2.14. The van der Waals surface area contributed by atoms with Gasteiger partial charge in [0.15, 0.2) is 5.96 Å². The number of nitrogens with one attached hydrogen (secondary N) is 2. The summed E-state index contributed by atoms with van der Waals surface area (Å²) in [4.78, 5) is 4.40. The van der Waals surface area contributed by atoms with E-state index in [9.17, 15) is 0 Å². The molecule has 0 radical (unpaired) electrons. The van der Waals surface area contributed by atoms with Gasteiger partial charge in [0.05, 0.1) is 13.2 Å². The van der Waals surface area contributed by atoms with Crippen LogP contribution in [0.2, 0.25) is 0 Å². The van der Waals surface area contributed by atoms with E-state index in [4.69, 9.17) is 10.5 Å². The number of anilines is 2. The molecule has 0 aliphatic carbocycles. The summed E-state index contributed by atoms with van der Waals surface area (Å²) in [7, 11) is 1.69. The van der Waals surface area contributed by atoms with Crippen LogP contribution in [0.3, 0.4) is 0 Å². The second-order valence-electron chi connectivity index (χ2n) is 5.82. The Bertz CT molecular complexity index is 660. The van der Waals surface area contributed by atoms with Crippen molar-refractivity contribution in [2.75, 3.05) is 30.9 Å². The van der Waals surface area contributed by atoms with Gasteiger partial charge in [0.2, 0.25) is 0 Å². The first-order valence-electron chi connectivity index (χ1n) is 8.04. The van der Waals surface area contributed by atoms with Gasteiger partial charge in [0.1, 0.15) is 0 Å². The molecule has 0 saturated heterocycles. The Labute approximate surface area is 143 Å². The summed E-state index contributed by atoms with van der Waals surface area (Å²) < 4.78 is 5.01. The number of methoxy groups -OCH3 is 1. The van der Waals surface area contributed by atoms with Crippen molar-refractivity contribution in [2.45, 2.75) is 20.4 Å². The van der Waals surface area contributed by atoms with Gasteiger partial charge in [0.25, 0.3) is 0 Å². The van der Waals surface area contributed by atoms with Crippen molar-refractivity contribution in [1.29, 1.82) is 0 Å². The molecule has 2 rings (SSSR count). The van der Waals surface area contributed by atoms with Crippen molar-refractivity contribution in [2.24, 2.45) is 10.7 Å². The maximum Gasteiger partial charge on any atom is 0.193 e. The van der Waals surface area contributed by atoms with Crippen LogP contribution in [0, 0.1) is 13.8 Å². The zero-order chi connectivity index (χ0) is 17.4. The molecule has 0 bridgehead atoms. The summed E-state index contributed by atoms with van der Waals surface area (Å²) in [5.74, 6) is 0.419. The smallest absolute Gasteiger partial charge is 0.193 e. The lowest BCUT2D eigenvalue weighted by molar-refractivity contribution is 0.211. The second-order valence-corrected chi connectivity index (χ2v) is 5.82. The van der Waals surface area contributed by atoms with Crippen LogP contribution in [-0.2, 0) is 11.3 Å². The molecule has 0 fully saturated rings. The summed E-state index contributed by atoms with van der Waals surface area (Å²) in [6, 6.07) is 14.4. The number of nitrogens with zero attached hydrogens (tertiary/aromatic N) is 1. The number of hydrogen-bond acceptors (Lipinski definition) is 3. The van der Waals surface area contributed by atoms with E-state index < -0.39 is 0 Å². The van der Waals surface area contributed by atoms with E-state index in [1.54, 1.807) is 7.11 Å². The molecule has 0 aliphatic rings. The molecule has 0 saturated carbocycles. The van der Waals surface area contributed by atoms with E-state index in [0.29, 0.717) is 19.1 Å². The topological polar surface area (TPSA) is 71.7 Å². The van der Waals surface area contributed by atoms with E-state index in [1.165, 1.54) is 11.1 Å². The highest BCUT2D eigenvalue weighted by molar-refractivity contribution is 5.92. The predicted molar refractivity (Wildman–Crippen MR) is 102 cm³/mol. The van der Waals surface area contributed by atoms with Crippen LogP contribution < -0.4 is 16.4 Å². The number of nitrogens with two attached hydrogens (primary N) is 1. The first-order chi connectivity index (χ1) is 11.6. The quantitative estimate of drug-likeness (QED) is 0.415. The molecule has 5 heteroatoms. The number of ether oxygens (including phenoxy) is 1. The molecule has 4 N–H and O–H groups in total. The third-order valence-corrected chi connectivity index (χ3v) is 3.52. The summed E-state index contributed by atoms with van der Waals surface area (Å²) in [6.07, 6.45) is 0. The van der Waals surface area contributed by atoms with Crippen molar-refractivity contribution >= 4 is 17.3 Å². The Morgan fingerprint density at radius 3 is 2.33 bits per heavy atom. The van der Waals surface area contributed by atoms with E-state index in [-0.39, 0.29) is 0 Å². The lowest BCUT2D eigenvalue weighted by atomic mass is 10.1. The third-order valence-electron chi connectivity index (χ3n) is 3.52. The van der Waals surface area contributed by atoms with Crippen LogP contribution in [0.15, 0.2) is 47.5 Å². The van der Waals surface area contributed by atoms with Gasteiger partial charge in [-0.3, -0.25) is 0 Å². The zero-order valence-corrected chi connectivity index (χ0v) is 14.6. The van der Waals surface area contributed by atoms with Crippen molar-refractivity contribution in [1.82, 2.24) is 0 Å². The maximum absolute atomic E-state index is 5.98. The molecule has 0 unspecified atom stereocenters. The summed E-state index contributed by atoms with van der Waals surface area (Å²) in [6.45, 7) is 6.15. The van der Waals surface area contributed by atoms with Crippen molar-refractivity contribution < 1.29 is 4.74 Å². The van der Waals surface area contributed by atoms with Crippen LogP contribution >= 0.6 is 0 Å². The molecule has 0 atom stereocenters. The lowest BCUT2D eigenvalue weighted by Crippen LogP contribution is -2.22. The molecule has 0 aromatic heterocycles. The van der Waals surface area contributed by atoms with E-state index >= 15 is 0 Å². The largest absolute Gasteiger partial charge is 0.383 e. The van der Waals surface area contributed by atoms with Crippen molar-refractivity contribution in [3.63, 3.8) is 0 Å². The molecule has 128 valence electrons. The van der Waals surface area contributed by atoms with Crippen LogP contribution in [0.25, 0.3) is 0 Å².